The Kier molecular flexibility index (Phi) is 8.09. The second-order valence-corrected chi connectivity index (χ2v) is 14.8. The Morgan fingerprint density at radius 1 is 0.315 bits per heavy atom. The molecule has 9 aromatic carbocycles. The van der Waals surface area contributed by atoms with Crippen LogP contribution in [0.4, 0.5) is 17.1 Å². The predicted molar refractivity (Wildman–Crippen MR) is 233 cm³/mol. The zero-order valence-electron chi connectivity index (χ0n) is 29.6. The molecule has 0 radical (unpaired) electrons. The summed E-state index contributed by atoms with van der Waals surface area (Å²) in [4.78, 5) is 2.45. The van der Waals surface area contributed by atoms with E-state index in [4.69, 9.17) is 0 Å². The zero-order chi connectivity index (χ0) is 35.8. The highest BCUT2D eigenvalue weighted by Crippen LogP contribution is 2.48. The van der Waals surface area contributed by atoms with Gasteiger partial charge >= 0.3 is 0 Å². The molecule has 10 rings (SSSR count). The molecule has 54 heavy (non-hydrogen) atoms. The van der Waals surface area contributed by atoms with Crippen LogP contribution < -0.4 is 4.90 Å². The van der Waals surface area contributed by atoms with Crippen LogP contribution in [0.15, 0.2) is 212 Å². The minimum Gasteiger partial charge on any atom is -0.309 e. The SMILES string of the molecule is c1ccc(-c2ccc(-c3ccc(N(c4ccccc4-c4ccc5ccccc5c4)c4ccccc4-c4cccc5sc6ccccc6c45)cc3)cc2)cc1. The lowest BCUT2D eigenvalue weighted by Gasteiger charge is -2.30. The number of hydrogen-bond acceptors (Lipinski definition) is 2. The van der Waals surface area contributed by atoms with Crippen molar-refractivity contribution in [2.45, 2.75) is 0 Å². The van der Waals surface area contributed by atoms with Gasteiger partial charge in [0.15, 0.2) is 0 Å². The molecule has 0 amide bonds. The maximum Gasteiger partial charge on any atom is 0.0540 e. The third kappa shape index (κ3) is 5.74. The van der Waals surface area contributed by atoms with E-state index in [-0.39, 0.29) is 0 Å². The first-order chi connectivity index (χ1) is 26.8. The van der Waals surface area contributed by atoms with Gasteiger partial charge in [-0.3, -0.25) is 0 Å². The summed E-state index contributed by atoms with van der Waals surface area (Å²) in [5.41, 5.74) is 13.0. The van der Waals surface area contributed by atoms with E-state index < -0.39 is 0 Å². The monoisotopic (exact) mass is 705 g/mol. The highest BCUT2D eigenvalue weighted by Gasteiger charge is 2.22. The van der Waals surface area contributed by atoms with Crippen LogP contribution in [0.25, 0.3) is 75.5 Å². The van der Waals surface area contributed by atoms with E-state index in [0.717, 1.165) is 17.1 Å². The fraction of sp³-hybridized carbons (Fsp3) is 0. The number of fused-ring (bicyclic) bond motifs is 4. The Hall–Kier alpha value is -6.74. The normalized spacial score (nSPS) is 11.3. The van der Waals surface area contributed by atoms with Crippen molar-refractivity contribution in [1.29, 1.82) is 0 Å². The maximum absolute atomic E-state index is 2.45. The number of thiophene rings is 1. The number of rotatable bonds is 7. The van der Waals surface area contributed by atoms with Crippen molar-refractivity contribution in [3.8, 4) is 44.5 Å². The summed E-state index contributed by atoms with van der Waals surface area (Å²) in [5, 5.41) is 5.08. The van der Waals surface area contributed by atoms with Gasteiger partial charge < -0.3 is 4.90 Å². The highest BCUT2D eigenvalue weighted by atomic mass is 32.1. The van der Waals surface area contributed by atoms with Gasteiger partial charge in [0.25, 0.3) is 0 Å². The van der Waals surface area contributed by atoms with Crippen molar-refractivity contribution < 1.29 is 0 Å². The first-order valence-corrected chi connectivity index (χ1v) is 19.2. The Morgan fingerprint density at radius 3 is 1.59 bits per heavy atom. The minimum atomic E-state index is 1.10. The van der Waals surface area contributed by atoms with Crippen molar-refractivity contribution >= 4 is 59.3 Å². The number of para-hydroxylation sites is 2. The molecular weight excluding hydrogens is 671 g/mol. The third-order valence-corrected chi connectivity index (χ3v) is 11.6. The van der Waals surface area contributed by atoms with Gasteiger partial charge in [-0.1, -0.05) is 170 Å². The van der Waals surface area contributed by atoms with Crippen LogP contribution in [-0.2, 0) is 0 Å². The molecule has 0 unspecified atom stereocenters. The van der Waals surface area contributed by atoms with E-state index in [1.165, 1.54) is 75.5 Å². The van der Waals surface area contributed by atoms with Crippen LogP contribution in [0.5, 0.6) is 0 Å². The highest BCUT2D eigenvalue weighted by molar-refractivity contribution is 7.25. The van der Waals surface area contributed by atoms with Gasteiger partial charge in [0.1, 0.15) is 0 Å². The van der Waals surface area contributed by atoms with Crippen molar-refractivity contribution in [3.05, 3.63) is 212 Å². The van der Waals surface area contributed by atoms with Crippen LogP contribution in [-0.4, -0.2) is 0 Å². The van der Waals surface area contributed by atoms with Crippen molar-refractivity contribution in [3.63, 3.8) is 0 Å². The summed E-state index contributed by atoms with van der Waals surface area (Å²) in [6, 6.07) is 77.2. The molecule has 1 heterocycles. The first kappa shape index (κ1) is 32.0. The average molecular weight is 706 g/mol. The molecule has 0 N–H and O–H groups in total. The van der Waals surface area contributed by atoms with Crippen LogP contribution >= 0.6 is 11.3 Å². The van der Waals surface area contributed by atoms with Gasteiger partial charge in [-0.05, 0) is 86.6 Å². The van der Waals surface area contributed by atoms with E-state index in [1.807, 2.05) is 11.3 Å². The Morgan fingerprint density at radius 2 is 0.833 bits per heavy atom. The van der Waals surface area contributed by atoms with Gasteiger partial charge in [0, 0.05) is 37.0 Å². The standard InChI is InChI=1S/C52H35NS/c1-2-13-36(14-3-1)38-25-27-39(28-26-38)40-31-33-43(34-32-40)53(48-21-9-6-17-44(48)42-30-29-37-15-4-5-16-41(37)35-42)49-22-10-7-18-45(49)46-20-12-24-51-52(46)47-19-8-11-23-50(47)54-51/h1-35H. The van der Waals surface area contributed by atoms with E-state index in [0.29, 0.717) is 0 Å². The lowest BCUT2D eigenvalue weighted by Crippen LogP contribution is -2.12. The van der Waals surface area contributed by atoms with Crippen LogP contribution in [0.1, 0.15) is 0 Å². The van der Waals surface area contributed by atoms with Gasteiger partial charge in [-0.25, -0.2) is 0 Å². The van der Waals surface area contributed by atoms with Crippen LogP contribution in [0.2, 0.25) is 0 Å². The smallest absolute Gasteiger partial charge is 0.0540 e. The first-order valence-electron chi connectivity index (χ1n) is 18.4. The van der Waals surface area contributed by atoms with Crippen molar-refractivity contribution in [1.82, 2.24) is 0 Å². The Labute approximate surface area is 319 Å². The molecule has 0 aliphatic rings. The number of benzene rings is 9. The molecule has 0 atom stereocenters. The molecule has 0 spiro atoms. The molecule has 0 fully saturated rings. The lowest BCUT2D eigenvalue weighted by molar-refractivity contribution is 1.28. The molecule has 0 aliphatic carbocycles. The van der Waals surface area contributed by atoms with Crippen LogP contribution in [0.3, 0.4) is 0 Å². The van der Waals surface area contributed by atoms with Gasteiger partial charge in [-0.2, -0.15) is 0 Å². The number of nitrogens with zero attached hydrogens (tertiary/aromatic N) is 1. The second kappa shape index (κ2) is 13.7. The van der Waals surface area contributed by atoms with Gasteiger partial charge in [0.2, 0.25) is 0 Å². The molecule has 0 saturated carbocycles. The summed E-state index contributed by atoms with van der Waals surface area (Å²) in [7, 11) is 0. The molecule has 1 nitrogen and oxygen atoms in total. The number of anilines is 3. The molecule has 0 aliphatic heterocycles. The lowest BCUT2D eigenvalue weighted by atomic mass is 9.95. The van der Waals surface area contributed by atoms with Gasteiger partial charge in [-0.15, -0.1) is 11.3 Å². The largest absolute Gasteiger partial charge is 0.309 e. The minimum absolute atomic E-state index is 1.10. The second-order valence-electron chi connectivity index (χ2n) is 13.7. The topological polar surface area (TPSA) is 3.24 Å². The predicted octanol–water partition coefficient (Wildman–Crippen LogP) is 15.3. The Balaban J connectivity index is 1.15. The molecule has 0 bridgehead atoms. The quantitative estimate of drug-likeness (QED) is 0.160. The van der Waals surface area contributed by atoms with E-state index in [2.05, 4.69) is 217 Å². The fourth-order valence-electron chi connectivity index (χ4n) is 7.86. The Bertz CT molecular complexity index is 2920. The molecule has 0 saturated heterocycles. The van der Waals surface area contributed by atoms with E-state index >= 15 is 0 Å². The summed E-state index contributed by atoms with van der Waals surface area (Å²) >= 11 is 1.86. The van der Waals surface area contributed by atoms with E-state index in [9.17, 15) is 0 Å². The summed E-state index contributed by atoms with van der Waals surface area (Å²) in [6.07, 6.45) is 0. The average Bonchev–Trinajstić information content (AvgIpc) is 3.64. The van der Waals surface area contributed by atoms with Gasteiger partial charge in [0.05, 0.1) is 11.4 Å². The summed E-state index contributed by atoms with van der Waals surface area (Å²) in [5.74, 6) is 0. The summed E-state index contributed by atoms with van der Waals surface area (Å²) in [6.45, 7) is 0. The van der Waals surface area contributed by atoms with Crippen molar-refractivity contribution in [2.75, 3.05) is 4.90 Å². The number of hydrogen-bond donors (Lipinski definition) is 0. The molecular formula is C52H35NS. The molecule has 10 aromatic rings. The third-order valence-electron chi connectivity index (χ3n) is 10.5. The van der Waals surface area contributed by atoms with Crippen molar-refractivity contribution in [2.24, 2.45) is 0 Å². The summed E-state index contributed by atoms with van der Waals surface area (Å²) < 4.78 is 2.61. The maximum atomic E-state index is 2.45. The molecule has 254 valence electrons. The molecule has 2 heteroatoms. The van der Waals surface area contributed by atoms with E-state index in [1.54, 1.807) is 0 Å². The molecule has 1 aromatic heterocycles. The zero-order valence-corrected chi connectivity index (χ0v) is 30.4. The van der Waals surface area contributed by atoms with Crippen LogP contribution in [0, 0.1) is 0 Å². The fourth-order valence-corrected chi connectivity index (χ4v) is 8.99.